The van der Waals surface area contributed by atoms with E-state index >= 15 is 0 Å². The minimum Gasteiger partial charge on any atom is -0.466 e. The number of carbonyl (C=O) groups excluding carboxylic acids is 2. The first-order valence-corrected chi connectivity index (χ1v) is 10.3. The standard InChI is InChI=1S/C21H37NO4/c1-4-6-9-12-18(23)14-15-21(3)17-19(24)22(21)16-11-8-7-10-13-20(25)26-5-2/h14-15,18,23H,4-13,16-17H2,1-3H3/b15-14+/t18-,21?/m0/s1. The number of likely N-dealkylation sites (tertiary alicyclic amines) is 1. The smallest absolute Gasteiger partial charge is 0.305 e. The predicted octanol–water partition coefficient (Wildman–Crippen LogP) is 3.99. The highest BCUT2D eigenvalue weighted by molar-refractivity contribution is 5.85. The minimum atomic E-state index is -0.418. The zero-order valence-corrected chi connectivity index (χ0v) is 16.8. The van der Waals surface area contributed by atoms with E-state index in [9.17, 15) is 14.7 Å². The first kappa shape index (κ1) is 22.7. The summed E-state index contributed by atoms with van der Waals surface area (Å²) in [5.41, 5.74) is -0.256. The quantitative estimate of drug-likeness (QED) is 0.218. The molecule has 1 unspecified atom stereocenters. The summed E-state index contributed by atoms with van der Waals surface area (Å²) in [6, 6.07) is 0. The number of β-lactam (4-membered cyclic amide) rings is 1. The summed E-state index contributed by atoms with van der Waals surface area (Å²) in [7, 11) is 0. The van der Waals surface area contributed by atoms with E-state index in [1.165, 1.54) is 0 Å². The molecule has 0 aromatic rings. The largest absolute Gasteiger partial charge is 0.466 e. The van der Waals surface area contributed by atoms with Crippen LogP contribution >= 0.6 is 0 Å². The lowest BCUT2D eigenvalue weighted by atomic mass is 9.84. The summed E-state index contributed by atoms with van der Waals surface area (Å²) in [4.78, 5) is 25.1. The Hall–Kier alpha value is -1.36. The zero-order chi connectivity index (χ0) is 19.4. The van der Waals surface area contributed by atoms with Crippen LogP contribution in [0.25, 0.3) is 0 Å². The Morgan fingerprint density at radius 3 is 2.62 bits per heavy atom. The van der Waals surface area contributed by atoms with Gasteiger partial charge in [-0.2, -0.15) is 0 Å². The number of aliphatic hydroxyl groups is 1. The highest BCUT2D eigenvalue weighted by Gasteiger charge is 2.44. The minimum absolute atomic E-state index is 0.124. The maximum absolute atomic E-state index is 12.0. The van der Waals surface area contributed by atoms with Crippen LogP contribution in [0.5, 0.6) is 0 Å². The van der Waals surface area contributed by atoms with Gasteiger partial charge in [0.15, 0.2) is 0 Å². The van der Waals surface area contributed by atoms with E-state index < -0.39 is 6.10 Å². The Morgan fingerprint density at radius 1 is 1.23 bits per heavy atom. The molecule has 1 amide bonds. The fraction of sp³-hybridized carbons (Fsp3) is 0.810. The van der Waals surface area contributed by atoms with Crippen molar-refractivity contribution in [1.82, 2.24) is 4.90 Å². The topological polar surface area (TPSA) is 66.8 Å². The number of ether oxygens (including phenoxy) is 1. The van der Waals surface area contributed by atoms with Gasteiger partial charge in [-0.25, -0.2) is 0 Å². The normalized spacial score (nSPS) is 21.1. The second-order valence-corrected chi connectivity index (χ2v) is 7.47. The second kappa shape index (κ2) is 12.1. The van der Waals surface area contributed by atoms with Gasteiger partial charge in [-0.3, -0.25) is 9.59 Å². The molecule has 5 heteroatoms. The van der Waals surface area contributed by atoms with Crippen molar-refractivity contribution in [1.29, 1.82) is 0 Å². The molecule has 1 saturated heterocycles. The molecule has 0 saturated carbocycles. The Bertz CT molecular complexity index is 463. The van der Waals surface area contributed by atoms with Crippen molar-refractivity contribution in [3.8, 4) is 0 Å². The molecule has 0 radical (unpaired) electrons. The number of aliphatic hydroxyl groups excluding tert-OH is 1. The lowest BCUT2D eigenvalue weighted by Crippen LogP contribution is -2.60. The summed E-state index contributed by atoms with van der Waals surface area (Å²) in [6.45, 7) is 7.21. The average molecular weight is 368 g/mol. The third kappa shape index (κ3) is 7.90. The number of carbonyl (C=O) groups is 2. The molecule has 1 N–H and O–H groups in total. The van der Waals surface area contributed by atoms with E-state index in [1.807, 2.05) is 24.0 Å². The van der Waals surface area contributed by atoms with Gasteiger partial charge in [0.2, 0.25) is 5.91 Å². The van der Waals surface area contributed by atoms with Gasteiger partial charge in [0.05, 0.1) is 24.7 Å². The van der Waals surface area contributed by atoms with E-state index in [4.69, 9.17) is 4.74 Å². The van der Waals surface area contributed by atoms with Crippen molar-refractivity contribution in [2.24, 2.45) is 0 Å². The van der Waals surface area contributed by atoms with Gasteiger partial charge in [0, 0.05) is 13.0 Å². The zero-order valence-electron chi connectivity index (χ0n) is 16.8. The molecule has 1 rings (SSSR count). The monoisotopic (exact) mass is 367 g/mol. The molecular formula is C21H37NO4. The van der Waals surface area contributed by atoms with Crippen LogP contribution in [0.4, 0.5) is 0 Å². The third-order valence-electron chi connectivity index (χ3n) is 5.03. The summed E-state index contributed by atoms with van der Waals surface area (Å²) in [6.07, 6.45) is 12.3. The Morgan fingerprint density at radius 2 is 1.96 bits per heavy atom. The van der Waals surface area contributed by atoms with Gasteiger partial charge < -0.3 is 14.7 Å². The van der Waals surface area contributed by atoms with Crippen LogP contribution in [0.15, 0.2) is 12.2 Å². The maximum Gasteiger partial charge on any atom is 0.305 e. The lowest BCUT2D eigenvalue weighted by molar-refractivity contribution is -0.151. The first-order chi connectivity index (χ1) is 12.4. The fourth-order valence-corrected chi connectivity index (χ4v) is 3.36. The number of esters is 1. The van der Waals surface area contributed by atoms with E-state index in [0.29, 0.717) is 19.4 Å². The first-order valence-electron chi connectivity index (χ1n) is 10.3. The predicted molar refractivity (Wildman–Crippen MR) is 104 cm³/mol. The molecular weight excluding hydrogens is 330 g/mol. The molecule has 0 aliphatic carbocycles. The average Bonchev–Trinajstić information content (AvgIpc) is 2.59. The van der Waals surface area contributed by atoms with Gasteiger partial charge in [0.1, 0.15) is 0 Å². The van der Waals surface area contributed by atoms with E-state index in [-0.39, 0.29) is 17.4 Å². The Balaban J connectivity index is 2.26. The van der Waals surface area contributed by atoms with Crippen molar-refractivity contribution in [2.75, 3.05) is 13.2 Å². The maximum atomic E-state index is 12.0. The molecule has 0 bridgehead atoms. The van der Waals surface area contributed by atoms with Crippen LogP contribution in [0.1, 0.15) is 85.0 Å². The van der Waals surface area contributed by atoms with Crippen molar-refractivity contribution in [3.63, 3.8) is 0 Å². The molecule has 1 heterocycles. The third-order valence-corrected chi connectivity index (χ3v) is 5.03. The molecule has 0 spiro atoms. The SMILES string of the molecule is CCCCC[C@H](O)/C=C/C1(C)CC(=O)N1CCCCCCC(=O)OCC. The molecule has 0 aromatic heterocycles. The number of hydrogen-bond donors (Lipinski definition) is 1. The molecule has 150 valence electrons. The van der Waals surface area contributed by atoms with Crippen molar-refractivity contribution >= 4 is 11.9 Å². The highest BCUT2D eigenvalue weighted by Crippen LogP contribution is 2.33. The van der Waals surface area contributed by atoms with Gasteiger partial charge >= 0.3 is 5.97 Å². The van der Waals surface area contributed by atoms with Crippen LogP contribution in [-0.4, -0.2) is 46.7 Å². The van der Waals surface area contributed by atoms with E-state index in [0.717, 1.165) is 57.9 Å². The number of hydrogen-bond acceptors (Lipinski definition) is 4. The molecule has 5 nitrogen and oxygen atoms in total. The molecule has 1 aliphatic heterocycles. The second-order valence-electron chi connectivity index (χ2n) is 7.47. The van der Waals surface area contributed by atoms with Gasteiger partial charge in [-0.1, -0.05) is 51.2 Å². The van der Waals surface area contributed by atoms with Crippen molar-refractivity contribution in [2.45, 2.75) is 96.6 Å². The van der Waals surface area contributed by atoms with Crippen LogP contribution in [0.3, 0.4) is 0 Å². The molecule has 2 atom stereocenters. The van der Waals surface area contributed by atoms with Gasteiger partial charge in [0.25, 0.3) is 0 Å². The van der Waals surface area contributed by atoms with Crippen molar-refractivity contribution in [3.05, 3.63) is 12.2 Å². The molecule has 26 heavy (non-hydrogen) atoms. The molecule has 1 aliphatic rings. The number of amides is 1. The molecule has 0 aromatic carbocycles. The lowest BCUT2D eigenvalue weighted by Gasteiger charge is -2.48. The van der Waals surface area contributed by atoms with Crippen LogP contribution < -0.4 is 0 Å². The number of unbranched alkanes of at least 4 members (excludes halogenated alkanes) is 5. The van der Waals surface area contributed by atoms with Gasteiger partial charge in [-0.15, -0.1) is 0 Å². The van der Waals surface area contributed by atoms with Crippen LogP contribution in [-0.2, 0) is 14.3 Å². The fourth-order valence-electron chi connectivity index (χ4n) is 3.36. The summed E-state index contributed by atoms with van der Waals surface area (Å²) >= 11 is 0. The van der Waals surface area contributed by atoms with Crippen LogP contribution in [0.2, 0.25) is 0 Å². The van der Waals surface area contributed by atoms with Gasteiger partial charge in [-0.05, 0) is 33.1 Å². The Kier molecular flexibility index (Phi) is 10.6. The molecule has 1 fully saturated rings. The van der Waals surface area contributed by atoms with Crippen molar-refractivity contribution < 1.29 is 19.4 Å². The number of rotatable bonds is 14. The highest BCUT2D eigenvalue weighted by atomic mass is 16.5. The van der Waals surface area contributed by atoms with Crippen LogP contribution in [0, 0.1) is 0 Å². The summed E-state index contributed by atoms with van der Waals surface area (Å²) < 4.78 is 4.91. The number of nitrogens with zero attached hydrogens (tertiary/aromatic N) is 1. The Labute approximate surface area is 158 Å². The van der Waals surface area contributed by atoms with E-state index in [2.05, 4.69) is 13.8 Å². The van der Waals surface area contributed by atoms with E-state index in [1.54, 1.807) is 0 Å². The summed E-state index contributed by atoms with van der Waals surface area (Å²) in [5.74, 6) is 0.0600. The summed E-state index contributed by atoms with van der Waals surface area (Å²) in [5, 5.41) is 10.0.